The molecular weight excluding hydrogens is 190 g/mol. The number of primary amides is 1. The van der Waals surface area contributed by atoms with Crippen LogP contribution in [0.15, 0.2) is 30.3 Å². The second kappa shape index (κ2) is 4.52. The van der Waals surface area contributed by atoms with E-state index in [0.717, 1.165) is 5.56 Å². The number of hydrogen-bond donors (Lipinski definition) is 1. The number of terminal acetylenes is 1. The number of carbonyl (C=O) groups is 1. The van der Waals surface area contributed by atoms with Crippen molar-refractivity contribution in [3.8, 4) is 12.3 Å². The Kier molecular flexibility index (Phi) is 3.35. The molecule has 0 spiro atoms. The quantitative estimate of drug-likeness (QED) is 0.764. The number of benzene rings is 1. The van der Waals surface area contributed by atoms with E-state index in [0.29, 0.717) is 6.42 Å². The average Bonchev–Trinajstić information content (AvgIpc) is 2.18. The minimum absolute atomic E-state index is 0.292. The lowest BCUT2D eigenvalue weighted by atomic mass is 9.93. The Balaban J connectivity index is 3.02. The van der Waals surface area contributed by atoms with Crippen molar-refractivity contribution in [1.29, 1.82) is 0 Å². The molecule has 3 heteroatoms. The van der Waals surface area contributed by atoms with Gasteiger partial charge in [0.1, 0.15) is 5.60 Å². The number of amides is 1. The van der Waals surface area contributed by atoms with Gasteiger partial charge >= 0.3 is 6.09 Å². The van der Waals surface area contributed by atoms with Crippen molar-refractivity contribution >= 4 is 6.09 Å². The Morgan fingerprint density at radius 3 is 2.60 bits per heavy atom. The molecule has 0 heterocycles. The Morgan fingerprint density at radius 1 is 1.53 bits per heavy atom. The lowest BCUT2D eigenvalue weighted by Gasteiger charge is -2.27. The predicted molar refractivity (Wildman–Crippen MR) is 57.9 cm³/mol. The van der Waals surface area contributed by atoms with Gasteiger partial charge in [0.25, 0.3) is 0 Å². The zero-order chi connectivity index (χ0) is 11.3. The van der Waals surface area contributed by atoms with Crippen LogP contribution in [-0.2, 0) is 10.3 Å². The van der Waals surface area contributed by atoms with Crippen LogP contribution in [0.2, 0.25) is 0 Å². The van der Waals surface area contributed by atoms with Gasteiger partial charge in [0.05, 0.1) is 6.42 Å². The summed E-state index contributed by atoms with van der Waals surface area (Å²) in [6, 6.07) is 9.29. The number of ether oxygens (including phenoxy) is 1. The van der Waals surface area contributed by atoms with Gasteiger partial charge in [0.15, 0.2) is 0 Å². The number of hydrogen-bond acceptors (Lipinski definition) is 2. The fourth-order valence-corrected chi connectivity index (χ4v) is 1.40. The van der Waals surface area contributed by atoms with Crippen LogP contribution in [0.4, 0.5) is 4.79 Å². The Labute approximate surface area is 89.2 Å². The summed E-state index contributed by atoms with van der Waals surface area (Å²) < 4.78 is 5.06. The molecule has 0 aromatic heterocycles. The third-order valence-corrected chi connectivity index (χ3v) is 2.15. The summed E-state index contributed by atoms with van der Waals surface area (Å²) in [5.74, 6) is 2.48. The monoisotopic (exact) mass is 203 g/mol. The second-order valence-corrected chi connectivity index (χ2v) is 3.40. The lowest BCUT2D eigenvalue weighted by molar-refractivity contribution is 0.0321. The molecule has 1 amide bonds. The van der Waals surface area contributed by atoms with Crippen LogP contribution < -0.4 is 5.73 Å². The van der Waals surface area contributed by atoms with E-state index in [4.69, 9.17) is 16.9 Å². The normalized spacial score (nSPS) is 13.6. The molecule has 1 aromatic rings. The molecule has 0 aliphatic rings. The highest BCUT2D eigenvalue weighted by atomic mass is 16.6. The minimum Gasteiger partial charge on any atom is -0.437 e. The van der Waals surface area contributed by atoms with Crippen LogP contribution in [0.1, 0.15) is 18.9 Å². The summed E-state index contributed by atoms with van der Waals surface area (Å²) in [5, 5.41) is 0. The maximum Gasteiger partial charge on any atom is 0.405 e. The van der Waals surface area contributed by atoms with Crippen LogP contribution in [0.25, 0.3) is 0 Å². The van der Waals surface area contributed by atoms with E-state index in [2.05, 4.69) is 5.92 Å². The van der Waals surface area contributed by atoms with Gasteiger partial charge in [-0.25, -0.2) is 4.79 Å². The van der Waals surface area contributed by atoms with Gasteiger partial charge < -0.3 is 10.5 Å². The molecule has 15 heavy (non-hydrogen) atoms. The molecule has 0 aliphatic carbocycles. The zero-order valence-electron chi connectivity index (χ0n) is 8.57. The fraction of sp³-hybridized carbons (Fsp3) is 0.250. The van der Waals surface area contributed by atoms with E-state index in [9.17, 15) is 4.79 Å². The molecule has 2 N–H and O–H groups in total. The van der Waals surface area contributed by atoms with E-state index in [1.54, 1.807) is 6.92 Å². The molecule has 0 saturated carbocycles. The van der Waals surface area contributed by atoms with Crippen molar-refractivity contribution in [1.82, 2.24) is 0 Å². The van der Waals surface area contributed by atoms with Crippen LogP contribution in [0, 0.1) is 12.3 Å². The highest BCUT2D eigenvalue weighted by Crippen LogP contribution is 2.28. The maximum absolute atomic E-state index is 10.8. The highest BCUT2D eigenvalue weighted by molar-refractivity contribution is 5.65. The Hall–Kier alpha value is -1.95. The lowest BCUT2D eigenvalue weighted by Crippen LogP contribution is -2.31. The van der Waals surface area contributed by atoms with Gasteiger partial charge in [0.2, 0.25) is 0 Å². The van der Waals surface area contributed by atoms with Crippen molar-refractivity contribution in [3.63, 3.8) is 0 Å². The van der Waals surface area contributed by atoms with E-state index < -0.39 is 11.7 Å². The molecule has 1 aromatic carbocycles. The van der Waals surface area contributed by atoms with Crippen LogP contribution >= 0.6 is 0 Å². The first kappa shape index (κ1) is 11.1. The van der Waals surface area contributed by atoms with E-state index in [-0.39, 0.29) is 0 Å². The van der Waals surface area contributed by atoms with Crippen molar-refractivity contribution in [2.24, 2.45) is 5.73 Å². The smallest absolute Gasteiger partial charge is 0.405 e. The van der Waals surface area contributed by atoms with Gasteiger partial charge in [0, 0.05) is 0 Å². The SMILES string of the molecule is C#CCC(C)(OC(N)=O)c1ccccc1. The average molecular weight is 203 g/mol. The zero-order valence-corrected chi connectivity index (χ0v) is 8.57. The van der Waals surface area contributed by atoms with Crippen molar-refractivity contribution in [3.05, 3.63) is 35.9 Å². The van der Waals surface area contributed by atoms with Crippen LogP contribution in [0.3, 0.4) is 0 Å². The number of nitrogens with two attached hydrogens (primary N) is 1. The summed E-state index contributed by atoms with van der Waals surface area (Å²) >= 11 is 0. The summed E-state index contributed by atoms with van der Waals surface area (Å²) in [5.41, 5.74) is 5.01. The van der Waals surface area contributed by atoms with Gasteiger partial charge in [-0.3, -0.25) is 0 Å². The third-order valence-electron chi connectivity index (χ3n) is 2.15. The molecule has 0 aliphatic heterocycles. The topological polar surface area (TPSA) is 52.3 Å². The summed E-state index contributed by atoms with van der Waals surface area (Å²) in [7, 11) is 0. The molecule has 0 radical (unpaired) electrons. The number of rotatable bonds is 3. The maximum atomic E-state index is 10.8. The summed E-state index contributed by atoms with van der Waals surface area (Å²) in [6.45, 7) is 1.74. The van der Waals surface area contributed by atoms with E-state index in [1.807, 2.05) is 30.3 Å². The Bertz CT molecular complexity index is 380. The molecule has 78 valence electrons. The first-order valence-corrected chi connectivity index (χ1v) is 4.56. The first-order valence-electron chi connectivity index (χ1n) is 4.56. The third kappa shape index (κ3) is 2.75. The molecular formula is C12H13NO2. The van der Waals surface area contributed by atoms with E-state index in [1.165, 1.54) is 0 Å². The molecule has 1 unspecified atom stereocenters. The largest absolute Gasteiger partial charge is 0.437 e. The van der Waals surface area contributed by atoms with Gasteiger partial charge in [-0.05, 0) is 12.5 Å². The summed E-state index contributed by atoms with van der Waals surface area (Å²) in [6.07, 6.45) is 4.71. The molecule has 0 saturated heterocycles. The molecule has 1 rings (SSSR count). The van der Waals surface area contributed by atoms with Crippen LogP contribution in [0.5, 0.6) is 0 Å². The van der Waals surface area contributed by atoms with E-state index >= 15 is 0 Å². The van der Waals surface area contributed by atoms with Crippen molar-refractivity contribution in [2.75, 3.05) is 0 Å². The minimum atomic E-state index is -0.845. The van der Waals surface area contributed by atoms with Gasteiger partial charge in [-0.15, -0.1) is 12.3 Å². The van der Waals surface area contributed by atoms with Crippen molar-refractivity contribution < 1.29 is 9.53 Å². The van der Waals surface area contributed by atoms with Gasteiger partial charge in [-0.2, -0.15) is 0 Å². The molecule has 1 atom stereocenters. The fourth-order valence-electron chi connectivity index (χ4n) is 1.40. The predicted octanol–water partition coefficient (Wildman–Crippen LogP) is 2.02. The van der Waals surface area contributed by atoms with Crippen LogP contribution in [-0.4, -0.2) is 6.09 Å². The molecule has 0 fully saturated rings. The second-order valence-electron chi connectivity index (χ2n) is 3.40. The molecule has 0 bridgehead atoms. The number of carbonyl (C=O) groups excluding carboxylic acids is 1. The molecule has 3 nitrogen and oxygen atoms in total. The standard InChI is InChI=1S/C12H13NO2/c1-3-9-12(2,15-11(13)14)10-7-5-4-6-8-10/h1,4-8H,9H2,2H3,(H2,13,14). The van der Waals surface area contributed by atoms with Crippen molar-refractivity contribution in [2.45, 2.75) is 18.9 Å². The Morgan fingerprint density at radius 2 is 2.13 bits per heavy atom. The summed E-state index contributed by atoms with van der Waals surface area (Å²) in [4.78, 5) is 10.8. The first-order chi connectivity index (χ1) is 7.08. The highest BCUT2D eigenvalue weighted by Gasteiger charge is 2.29. The van der Waals surface area contributed by atoms with Gasteiger partial charge in [-0.1, -0.05) is 30.3 Å².